The Kier molecular flexibility index (Phi) is 2.42. The first kappa shape index (κ1) is 7.25. The third-order valence-corrected chi connectivity index (χ3v) is 1.37. The van der Waals surface area contributed by atoms with Gasteiger partial charge in [0.25, 0.3) is 0 Å². The zero-order chi connectivity index (χ0) is 7.40. The molecule has 0 N–H and O–H groups in total. The molecule has 0 saturated carbocycles. The van der Waals surface area contributed by atoms with Crippen molar-refractivity contribution >= 4 is 0 Å². The maximum Gasteiger partial charge on any atom is 0.0824 e. The molecular weight excluding hydrogens is 126 g/mol. The van der Waals surface area contributed by atoms with Gasteiger partial charge in [0.05, 0.1) is 18.4 Å². The van der Waals surface area contributed by atoms with Gasteiger partial charge < -0.3 is 0 Å². The lowest BCUT2D eigenvalue weighted by Crippen LogP contribution is -2.00. The molecule has 0 fully saturated rings. The fourth-order valence-corrected chi connectivity index (χ4v) is 0.803. The third-order valence-electron chi connectivity index (χ3n) is 1.37. The summed E-state index contributed by atoms with van der Waals surface area (Å²) in [5.41, 5.74) is 1.08. The molecule has 0 atom stereocenters. The second-order valence-electron chi connectivity index (χ2n) is 2.29. The van der Waals surface area contributed by atoms with Crippen LogP contribution in [0.3, 0.4) is 0 Å². The summed E-state index contributed by atoms with van der Waals surface area (Å²) < 4.78 is 0. The highest BCUT2D eigenvalue weighted by Gasteiger charge is 1.94. The number of hydrogen-bond acceptors (Lipinski definition) is 2. The van der Waals surface area contributed by atoms with Crippen LogP contribution in [0.1, 0.15) is 26.0 Å². The molecule has 0 aliphatic heterocycles. The van der Waals surface area contributed by atoms with E-state index in [0.717, 1.165) is 25.1 Å². The molecule has 56 valence electrons. The Morgan fingerprint density at radius 3 is 2.80 bits per heavy atom. The van der Waals surface area contributed by atoms with Crippen molar-refractivity contribution in [3.8, 4) is 0 Å². The molecule has 0 unspecified atom stereocenters. The van der Waals surface area contributed by atoms with Crippen LogP contribution in [-0.4, -0.2) is 15.0 Å². The monoisotopic (exact) mass is 139 g/mol. The molecule has 0 aliphatic rings. The van der Waals surface area contributed by atoms with Gasteiger partial charge in [0.1, 0.15) is 0 Å². The number of aryl methyl sites for hydroxylation is 2. The van der Waals surface area contributed by atoms with Gasteiger partial charge >= 0.3 is 0 Å². The highest BCUT2D eigenvalue weighted by Crippen LogP contribution is 1.92. The molecule has 1 heterocycles. The van der Waals surface area contributed by atoms with Gasteiger partial charge in [-0.2, -0.15) is 15.0 Å². The first-order valence-corrected chi connectivity index (χ1v) is 3.75. The van der Waals surface area contributed by atoms with Crippen LogP contribution in [0, 0.1) is 0 Å². The van der Waals surface area contributed by atoms with E-state index in [1.54, 1.807) is 4.80 Å². The smallest absolute Gasteiger partial charge is 0.0824 e. The minimum absolute atomic E-state index is 0.931. The topological polar surface area (TPSA) is 30.7 Å². The standard InChI is InChI=1S/C7H13N3/c1-3-5-10-8-6-7(4-2)9-10/h6H,3-5H2,1-2H3. The Morgan fingerprint density at radius 1 is 1.50 bits per heavy atom. The number of aromatic nitrogens is 3. The Labute approximate surface area is 61.1 Å². The Bertz CT molecular complexity index is 192. The van der Waals surface area contributed by atoms with E-state index in [1.807, 2.05) is 6.20 Å². The van der Waals surface area contributed by atoms with Gasteiger partial charge in [-0.25, -0.2) is 0 Å². The van der Waals surface area contributed by atoms with Crippen molar-refractivity contribution in [2.45, 2.75) is 33.2 Å². The molecule has 3 heteroatoms. The highest BCUT2D eigenvalue weighted by molar-refractivity contribution is 4.89. The summed E-state index contributed by atoms with van der Waals surface area (Å²) in [6, 6.07) is 0. The predicted molar refractivity (Wildman–Crippen MR) is 39.7 cm³/mol. The van der Waals surface area contributed by atoms with Gasteiger partial charge in [0.2, 0.25) is 0 Å². The molecule has 0 radical (unpaired) electrons. The maximum atomic E-state index is 4.22. The molecule has 1 rings (SSSR count). The van der Waals surface area contributed by atoms with Crippen LogP contribution in [0.2, 0.25) is 0 Å². The van der Waals surface area contributed by atoms with Gasteiger partial charge in [0, 0.05) is 0 Å². The molecule has 1 aromatic heterocycles. The molecule has 0 aromatic carbocycles. The highest BCUT2D eigenvalue weighted by atomic mass is 15.5. The zero-order valence-electron chi connectivity index (χ0n) is 6.54. The number of rotatable bonds is 3. The van der Waals surface area contributed by atoms with E-state index in [4.69, 9.17) is 0 Å². The van der Waals surface area contributed by atoms with E-state index in [9.17, 15) is 0 Å². The van der Waals surface area contributed by atoms with Crippen LogP contribution in [0.4, 0.5) is 0 Å². The van der Waals surface area contributed by atoms with Crippen molar-refractivity contribution < 1.29 is 0 Å². The van der Waals surface area contributed by atoms with E-state index < -0.39 is 0 Å². The van der Waals surface area contributed by atoms with E-state index in [2.05, 4.69) is 24.0 Å². The summed E-state index contributed by atoms with van der Waals surface area (Å²) in [5, 5.41) is 8.31. The molecular formula is C7H13N3. The van der Waals surface area contributed by atoms with Gasteiger partial charge in [-0.1, -0.05) is 13.8 Å². The molecule has 10 heavy (non-hydrogen) atoms. The summed E-state index contributed by atoms with van der Waals surface area (Å²) in [6.45, 7) is 5.13. The van der Waals surface area contributed by atoms with E-state index in [0.29, 0.717) is 0 Å². The Balaban J connectivity index is 2.59. The van der Waals surface area contributed by atoms with Crippen LogP contribution in [0.15, 0.2) is 6.20 Å². The molecule has 0 aliphatic carbocycles. The van der Waals surface area contributed by atoms with Crippen molar-refractivity contribution in [2.75, 3.05) is 0 Å². The first-order chi connectivity index (χ1) is 4.86. The summed E-state index contributed by atoms with van der Waals surface area (Å²) in [6.07, 6.45) is 3.90. The van der Waals surface area contributed by atoms with E-state index >= 15 is 0 Å². The van der Waals surface area contributed by atoms with Crippen LogP contribution < -0.4 is 0 Å². The fourth-order valence-electron chi connectivity index (χ4n) is 0.803. The van der Waals surface area contributed by atoms with Crippen LogP contribution in [0.5, 0.6) is 0 Å². The van der Waals surface area contributed by atoms with Crippen LogP contribution in [0.25, 0.3) is 0 Å². The summed E-state index contributed by atoms with van der Waals surface area (Å²) in [4.78, 5) is 1.75. The van der Waals surface area contributed by atoms with Crippen LogP contribution in [-0.2, 0) is 13.0 Å². The molecule has 0 amide bonds. The van der Waals surface area contributed by atoms with Crippen molar-refractivity contribution in [3.05, 3.63) is 11.9 Å². The normalized spacial score (nSPS) is 10.2. The lowest BCUT2D eigenvalue weighted by atomic mass is 10.4. The van der Waals surface area contributed by atoms with Crippen molar-refractivity contribution in [2.24, 2.45) is 0 Å². The lowest BCUT2D eigenvalue weighted by molar-refractivity contribution is 0.524. The summed E-state index contributed by atoms with van der Waals surface area (Å²) in [5.74, 6) is 0. The van der Waals surface area contributed by atoms with Gasteiger partial charge in [-0.3, -0.25) is 0 Å². The van der Waals surface area contributed by atoms with E-state index in [-0.39, 0.29) is 0 Å². The first-order valence-electron chi connectivity index (χ1n) is 3.75. The number of hydrogen-bond donors (Lipinski definition) is 0. The van der Waals surface area contributed by atoms with Gasteiger partial charge in [-0.05, 0) is 12.8 Å². The lowest BCUT2D eigenvalue weighted by Gasteiger charge is -1.92. The second-order valence-corrected chi connectivity index (χ2v) is 2.29. The van der Waals surface area contributed by atoms with E-state index in [1.165, 1.54) is 0 Å². The average molecular weight is 139 g/mol. The summed E-state index contributed by atoms with van der Waals surface area (Å²) in [7, 11) is 0. The Hall–Kier alpha value is -0.860. The maximum absolute atomic E-state index is 4.22. The fraction of sp³-hybridized carbons (Fsp3) is 0.714. The Morgan fingerprint density at radius 2 is 2.30 bits per heavy atom. The summed E-state index contributed by atoms with van der Waals surface area (Å²) >= 11 is 0. The minimum atomic E-state index is 0.931. The van der Waals surface area contributed by atoms with Crippen molar-refractivity contribution in [1.82, 2.24) is 15.0 Å². The molecule has 0 bridgehead atoms. The van der Waals surface area contributed by atoms with Gasteiger partial charge in [0.15, 0.2) is 0 Å². The minimum Gasteiger partial charge on any atom is -0.185 e. The van der Waals surface area contributed by atoms with Crippen molar-refractivity contribution in [3.63, 3.8) is 0 Å². The van der Waals surface area contributed by atoms with Crippen LogP contribution >= 0.6 is 0 Å². The largest absolute Gasteiger partial charge is 0.185 e. The zero-order valence-corrected chi connectivity index (χ0v) is 6.54. The molecule has 3 nitrogen and oxygen atoms in total. The second kappa shape index (κ2) is 3.34. The molecule has 0 saturated heterocycles. The third kappa shape index (κ3) is 1.56. The van der Waals surface area contributed by atoms with Gasteiger partial charge in [-0.15, -0.1) is 0 Å². The quantitative estimate of drug-likeness (QED) is 0.631. The SMILES string of the molecule is CCCn1ncc(CC)n1. The number of nitrogens with zero attached hydrogens (tertiary/aromatic N) is 3. The molecule has 1 aromatic rings. The average Bonchev–Trinajstić information content (AvgIpc) is 2.37. The van der Waals surface area contributed by atoms with Crippen molar-refractivity contribution in [1.29, 1.82) is 0 Å². The predicted octanol–water partition coefficient (Wildman–Crippen LogP) is 1.25. The molecule has 0 spiro atoms.